The number of fused-ring (bicyclic) bond motifs is 1. The number of phenols is 1. The number of rotatable bonds is 3. The number of benzene rings is 3. The van der Waals surface area contributed by atoms with E-state index in [4.69, 9.17) is 11.6 Å². The van der Waals surface area contributed by atoms with Crippen LogP contribution in [0.5, 0.6) is 5.75 Å². The van der Waals surface area contributed by atoms with Crippen LogP contribution in [-0.2, 0) is 0 Å². The molecule has 0 aliphatic heterocycles. The van der Waals surface area contributed by atoms with Crippen molar-refractivity contribution in [2.24, 2.45) is 0 Å². The first-order valence-corrected chi connectivity index (χ1v) is 6.94. The first kappa shape index (κ1) is 14.2. The van der Waals surface area contributed by atoms with E-state index >= 15 is 0 Å². The Morgan fingerprint density at radius 3 is 2.41 bits per heavy atom. The van der Waals surface area contributed by atoms with Gasteiger partial charge in [-0.05, 0) is 35.7 Å². The van der Waals surface area contributed by atoms with E-state index in [0.717, 1.165) is 10.8 Å². The van der Waals surface area contributed by atoms with Crippen LogP contribution in [0.1, 0.15) is 10.4 Å². The highest BCUT2D eigenvalue weighted by atomic mass is 35.5. The van der Waals surface area contributed by atoms with Crippen molar-refractivity contribution < 1.29 is 15.0 Å². The molecule has 0 heterocycles. The van der Waals surface area contributed by atoms with Gasteiger partial charge in [-0.2, -0.15) is 0 Å². The lowest BCUT2D eigenvalue weighted by Gasteiger charge is -2.14. The Morgan fingerprint density at radius 1 is 1.05 bits per heavy atom. The average molecular weight is 314 g/mol. The summed E-state index contributed by atoms with van der Waals surface area (Å²) >= 11 is 5.85. The van der Waals surface area contributed by atoms with Crippen molar-refractivity contribution >= 4 is 39.7 Å². The lowest BCUT2D eigenvalue weighted by Crippen LogP contribution is -2.01. The minimum absolute atomic E-state index is 0.143. The zero-order valence-electron chi connectivity index (χ0n) is 11.4. The van der Waals surface area contributed by atoms with Gasteiger partial charge in [0.25, 0.3) is 0 Å². The fourth-order valence-electron chi connectivity index (χ4n) is 2.30. The van der Waals surface area contributed by atoms with Crippen LogP contribution in [0.3, 0.4) is 0 Å². The SMILES string of the molecule is O=C(O)c1cc2ccccc2c(Nc2ccc(Cl)cc2)c1O. The van der Waals surface area contributed by atoms with Gasteiger partial charge in [-0.15, -0.1) is 0 Å². The summed E-state index contributed by atoms with van der Waals surface area (Å²) in [5, 5.41) is 24.7. The number of anilines is 2. The maximum atomic E-state index is 11.3. The molecule has 0 bridgehead atoms. The van der Waals surface area contributed by atoms with Gasteiger partial charge in [-0.25, -0.2) is 4.79 Å². The van der Waals surface area contributed by atoms with E-state index in [1.165, 1.54) is 6.07 Å². The molecule has 3 rings (SSSR count). The number of carbonyl (C=O) groups is 1. The molecule has 3 aromatic carbocycles. The highest BCUT2D eigenvalue weighted by molar-refractivity contribution is 6.30. The average Bonchev–Trinajstić information content (AvgIpc) is 2.51. The number of aromatic hydroxyl groups is 1. The molecule has 3 N–H and O–H groups in total. The van der Waals surface area contributed by atoms with Gasteiger partial charge in [0.1, 0.15) is 5.56 Å². The Balaban J connectivity index is 2.19. The summed E-state index contributed by atoms with van der Waals surface area (Å²) in [6.07, 6.45) is 0. The Labute approximate surface area is 131 Å². The molecular formula is C17H12ClNO3. The molecule has 0 atom stereocenters. The van der Waals surface area contributed by atoms with Crippen molar-refractivity contribution in [2.45, 2.75) is 0 Å². The van der Waals surface area contributed by atoms with Crippen molar-refractivity contribution in [1.29, 1.82) is 0 Å². The summed E-state index contributed by atoms with van der Waals surface area (Å²) in [7, 11) is 0. The van der Waals surface area contributed by atoms with Crippen LogP contribution < -0.4 is 5.32 Å². The standard InChI is InChI=1S/C17H12ClNO3/c18-11-5-7-12(8-6-11)19-15-13-4-2-1-3-10(13)9-14(16(15)20)17(21)22/h1-9,19-20H,(H,21,22). The third kappa shape index (κ3) is 2.56. The molecule has 22 heavy (non-hydrogen) atoms. The zero-order chi connectivity index (χ0) is 15.7. The van der Waals surface area contributed by atoms with Gasteiger partial charge < -0.3 is 15.5 Å². The van der Waals surface area contributed by atoms with Crippen LogP contribution >= 0.6 is 11.6 Å². The lowest BCUT2D eigenvalue weighted by atomic mass is 10.0. The summed E-state index contributed by atoms with van der Waals surface area (Å²) in [6, 6.07) is 15.7. The number of hydrogen-bond donors (Lipinski definition) is 3. The zero-order valence-corrected chi connectivity index (χ0v) is 12.1. The van der Waals surface area contributed by atoms with Crippen LogP contribution in [0.2, 0.25) is 5.02 Å². The van der Waals surface area contributed by atoms with Gasteiger partial charge in [0.2, 0.25) is 0 Å². The molecular weight excluding hydrogens is 302 g/mol. The Bertz CT molecular complexity index is 860. The molecule has 0 saturated heterocycles. The normalized spacial score (nSPS) is 10.6. The van der Waals surface area contributed by atoms with E-state index in [1.54, 1.807) is 30.3 Å². The monoisotopic (exact) mass is 313 g/mol. The van der Waals surface area contributed by atoms with Gasteiger partial charge in [-0.3, -0.25) is 0 Å². The number of halogens is 1. The van der Waals surface area contributed by atoms with Crippen molar-refractivity contribution in [3.05, 3.63) is 65.2 Å². The van der Waals surface area contributed by atoms with Crippen LogP contribution in [0, 0.1) is 0 Å². The van der Waals surface area contributed by atoms with Crippen LogP contribution in [0.15, 0.2) is 54.6 Å². The summed E-state index contributed by atoms with van der Waals surface area (Å²) in [5.74, 6) is -1.47. The molecule has 4 nitrogen and oxygen atoms in total. The van der Waals surface area contributed by atoms with Crippen molar-refractivity contribution in [3.63, 3.8) is 0 Å². The first-order valence-electron chi connectivity index (χ1n) is 6.57. The van der Waals surface area contributed by atoms with E-state index < -0.39 is 5.97 Å². The molecule has 5 heteroatoms. The predicted octanol–water partition coefficient (Wildman–Crippen LogP) is 4.64. The summed E-state index contributed by atoms with van der Waals surface area (Å²) in [4.78, 5) is 11.3. The van der Waals surface area contributed by atoms with E-state index in [2.05, 4.69) is 5.32 Å². The Kier molecular flexibility index (Phi) is 3.61. The molecule has 0 aromatic heterocycles. The van der Waals surface area contributed by atoms with E-state index in [9.17, 15) is 15.0 Å². The molecule has 0 aliphatic carbocycles. The second kappa shape index (κ2) is 5.58. The van der Waals surface area contributed by atoms with E-state index in [0.29, 0.717) is 16.4 Å². The lowest BCUT2D eigenvalue weighted by molar-refractivity contribution is 0.0694. The number of carboxylic acid groups (broad SMARTS) is 1. The second-order valence-corrected chi connectivity index (χ2v) is 5.24. The molecule has 110 valence electrons. The van der Waals surface area contributed by atoms with Crippen LogP contribution in [0.4, 0.5) is 11.4 Å². The molecule has 0 unspecified atom stereocenters. The highest BCUT2D eigenvalue weighted by Crippen LogP contribution is 2.38. The van der Waals surface area contributed by atoms with Gasteiger partial charge in [-0.1, -0.05) is 35.9 Å². The van der Waals surface area contributed by atoms with Crippen molar-refractivity contribution in [3.8, 4) is 5.75 Å². The Hall–Kier alpha value is -2.72. The fraction of sp³-hybridized carbons (Fsp3) is 0. The Morgan fingerprint density at radius 2 is 1.73 bits per heavy atom. The summed E-state index contributed by atoms with van der Waals surface area (Å²) in [6.45, 7) is 0. The molecule has 0 radical (unpaired) electrons. The largest absolute Gasteiger partial charge is 0.505 e. The maximum absolute atomic E-state index is 11.3. The quantitative estimate of drug-likeness (QED) is 0.616. The van der Waals surface area contributed by atoms with E-state index in [1.807, 2.05) is 18.2 Å². The number of carboxylic acids is 1. The highest BCUT2D eigenvalue weighted by Gasteiger charge is 2.17. The van der Waals surface area contributed by atoms with Crippen molar-refractivity contribution in [1.82, 2.24) is 0 Å². The number of hydrogen-bond acceptors (Lipinski definition) is 3. The topological polar surface area (TPSA) is 69.6 Å². The summed E-state index contributed by atoms with van der Waals surface area (Å²) in [5.41, 5.74) is 0.917. The molecule has 0 fully saturated rings. The molecule has 3 aromatic rings. The van der Waals surface area contributed by atoms with Crippen LogP contribution in [0.25, 0.3) is 10.8 Å². The predicted molar refractivity (Wildman–Crippen MR) is 87.3 cm³/mol. The second-order valence-electron chi connectivity index (χ2n) is 4.81. The van der Waals surface area contributed by atoms with E-state index in [-0.39, 0.29) is 11.3 Å². The molecule has 0 saturated carbocycles. The van der Waals surface area contributed by atoms with Crippen molar-refractivity contribution in [2.75, 3.05) is 5.32 Å². The molecule has 0 spiro atoms. The molecule has 0 amide bonds. The number of nitrogens with one attached hydrogen (secondary N) is 1. The number of aromatic carboxylic acids is 1. The van der Waals surface area contributed by atoms with Gasteiger partial charge in [0.05, 0.1) is 5.69 Å². The minimum atomic E-state index is -1.18. The van der Waals surface area contributed by atoms with Gasteiger partial charge in [0.15, 0.2) is 5.75 Å². The van der Waals surface area contributed by atoms with Gasteiger partial charge >= 0.3 is 5.97 Å². The molecule has 0 aliphatic rings. The fourth-order valence-corrected chi connectivity index (χ4v) is 2.43. The van der Waals surface area contributed by atoms with Crippen LogP contribution in [-0.4, -0.2) is 16.2 Å². The minimum Gasteiger partial charge on any atom is -0.505 e. The maximum Gasteiger partial charge on any atom is 0.339 e. The summed E-state index contributed by atoms with van der Waals surface area (Å²) < 4.78 is 0. The van der Waals surface area contributed by atoms with Gasteiger partial charge in [0, 0.05) is 16.1 Å². The first-order chi connectivity index (χ1) is 10.6. The smallest absolute Gasteiger partial charge is 0.339 e. The third-order valence-electron chi connectivity index (χ3n) is 3.37. The third-order valence-corrected chi connectivity index (χ3v) is 3.62.